The molecule has 0 saturated carbocycles. The van der Waals surface area contributed by atoms with Crippen LogP contribution in [0.4, 0.5) is 0 Å². The molecule has 0 spiro atoms. The van der Waals surface area contributed by atoms with E-state index in [-0.39, 0.29) is 39.7 Å². The van der Waals surface area contributed by atoms with Gasteiger partial charge in [0.25, 0.3) is 0 Å². The van der Waals surface area contributed by atoms with Crippen LogP contribution >= 0.6 is 0 Å². The average molecular weight is 494 g/mol. The summed E-state index contributed by atoms with van der Waals surface area (Å²) in [6.07, 6.45) is 2.39. The number of carbonyl (C=O) groups is 3. The minimum Gasteiger partial charge on any atom is -0.493 e. The number of hydrogen-bond acceptors (Lipinski definition) is 9. The van der Waals surface area contributed by atoms with Crippen molar-refractivity contribution >= 4 is 28.9 Å². The molecule has 0 aliphatic carbocycles. The molecular weight excluding hydrogens is 468 g/mol. The first-order valence-corrected chi connectivity index (χ1v) is 11.0. The molecule has 0 N–H and O–H groups in total. The smallest absolute Gasteiger partial charge is 0.308 e. The Balaban J connectivity index is 2.27. The van der Waals surface area contributed by atoms with Gasteiger partial charge in [-0.05, 0) is 32.4 Å². The van der Waals surface area contributed by atoms with Gasteiger partial charge in [0.15, 0.2) is 16.9 Å². The van der Waals surface area contributed by atoms with Crippen molar-refractivity contribution in [2.75, 3.05) is 7.11 Å². The zero-order valence-corrected chi connectivity index (χ0v) is 20.8. The van der Waals surface area contributed by atoms with Gasteiger partial charge in [-0.1, -0.05) is 11.6 Å². The van der Waals surface area contributed by atoms with Gasteiger partial charge in [-0.25, -0.2) is 0 Å². The summed E-state index contributed by atoms with van der Waals surface area (Å²) in [6.45, 7) is 7.58. The van der Waals surface area contributed by atoms with Crippen molar-refractivity contribution in [1.82, 2.24) is 0 Å². The predicted molar refractivity (Wildman–Crippen MR) is 132 cm³/mol. The highest BCUT2D eigenvalue weighted by molar-refractivity contribution is 5.89. The van der Waals surface area contributed by atoms with Crippen molar-refractivity contribution in [3.05, 3.63) is 57.8 Å². The Labute approximate surface area is 207 Å². The van der Waals surface area contributed by atoms with E-state index in [1.54, 1.807) is 12.1 Å². The van der Waals surface area contributed by atoms with E-state index in [4.69, 9.17) is 23.4 Å². The lowest BCUT2D eigenvalue weighted by Gasteiger charge is -2.15. The van der Waals surface area contributed by atoms with Gasteiger partial charge >= 0.3 is 17.9 Å². The molecule has 0 saturated heterocycles. The highest BCUT2D eigenvalue weighted by Gasteiger charge is 2.20. The van der Waals surface area contributed by atoms with Crippen LogP contribution in [0.2, 0.25) is 0 Å². The summed E-state index contributed by atoms with van der Waals surface area (Å²) in [5, 5.41) is 0.0121. The molecule has 3 rings (SSSR count). The van der Waals surface area contributed by atoms with Gasteiger partial charge in [0.05, 0.1) is 7.11 Å². The Morgan fingerprint density at radius 3 is 2.08 bits per heavy atom. The van der Waals surface area contributed by atoms with Crippen LogP contribution in [0.1, 0.15) is 40.2 Å². The molecule has 0 aliphatic rings. The number of ether oxygens (including phenoxy) is 4. The maximum Gasteiger partial charge on any atom is 0.308 e. The fourth-order valence-electron chi connectivity index (χ4n) is 3.51. The first-order chi connectivity index (χ1) is 17.0. The number of rotatable bonds is 7. The van der Waals surface area contributed by atoms with E-state index >= 15 is 0 Å². The zero-order chi connectivity index (χ0) is 26.6. The van der Waals surface area contributed by atoms with Gasteiger partial charge in [0, 0.05) is 50.1 Å². The molecule has 36 heavy (non-hydrogen) atoms. The summed E-state index contributed by atoms with van der Waals surface area (Å²) < 4.78 is 27.2. The summed E-state index contributed by atoms with van der Waals surface area (Å²) in [5.41, 5.74) is 1.73. The van der Waals surface area contributed by atoms with Gasteiger partial charge in [-0.15, -0.1) is 0 Å². The summed E-state index contributed by atoms with van der Waals surface area (Å²) in [7, 11) is 1.43. The van der Waals surface area contributed by atoms with E-state index in [0.29, 0.717) is 17.5 Å². The van der Waals surface area contributed by atoms with Crippen molar-refractivity contribution < 1.29 is 37.7 Å². The van der Waals surface area contributed by atoms with E-state index < -0.39 is 23.3 Å². The minimum absolute atomic E-state index is 0.0121. The molecule has 9 nitrogen and oxygen atoms in total. The summed E-state index contributed by atoms with van der Waals surface area (Å²) in [4.78, 5) is 47.9. The number of allylic oxidation sites excluding steroid dienone is 2. The third-order valence-electron chi connectivity index (χ3n) is 4.90. The Bertz CT molecular complexity index is 1440. The second-order valence-corrected chi connectivity index (χ2v) is 8.20. The van der Waals surface area contributed by atoms with Crippen molar-refractivity contribution in [1.29, 1.82) is 0 Å². The molecule has 0 unspecified atom stereocenters. The second kappa shape index (κ2) is 10.9. The van der Waals surface area contributed by atoms with Gasteiger partial charge in [0.2, 0.25) is 0 Å². The van der Waals surface area contributed by atoms with Gasteiger partial charge in [0.1, 0.15) is 28.2 Å². The fraction of sp³-hybridized carbons (Fsp3) is 0.259. The molecule has 0 aliphatic heterocycles. The van der Waals surface area contributed by atoms with Crippen molar-refractivity contribution in [3.8, 4) is 34.3 Å². The molecule has 0 atom stereocenters. The van der Waals surface area contributed by atoms with Crippen LogP contribution in [0, 0.1) is 0 Å². The van der Waals surface area contributed by atoms with Crippen molar-refractivity contribution in [3.63, 3.8) is 0 Å². The summed E-state index contributed by atoms with van der Waals surface area (Å²) in [6, 6.07) is 7.20. The lowest BCUT2D eigenvalue weighted by molar-refractivity contribution is -0.133. The summed E-state index contributed by atoms with van der Waals surface area (Å²) >= 11 is 0. The predicted octanol–water partition coefficient (Wildman–Crippen LogP) is 4.75. The topological polar surface area (TPSA) is 118 Å². The van der Waals surface area contributed by atoms with Crippen LogP contribution in [0.3, 0.4) is 0 Å². The monoisotopic (exact) mass is 494 g/mol. The van der Waals surface area contributed by atoms with Crippen LogP contribution in [0.15, 0.2) is 51.2 Å². The Morgan fingerprint density at radius 2 is 1.50 bits per heavy atom. The Morgan fingerprint density at radius 1 is 0.833 bits per heavy atom. The SMILES string of the molecule is COc1cc(-c2cc(=O)c3c(OC(C)=O)cc(OC(C)=O)cc3o2)cc(CC=C(C)C)c1OC(C)=O. The van der Waals surface area contributed by atoms with Gasteiger partial charge in [-0.3, -0.25) is 19.2 Å². The largest absolute Gasteiger partial charge is 0.493 e. The average Bonchev–Trinajstić information content (AvgIpc) is 2.76. The molecule has 2 aromatic carbocycles. The number of fused-ring (bicyclic) bond motifs is 1. The van der Waals surface area contributed by atoms with Crippen molar-refractivity contribution in [2.45, 2.75) is 41.0 Å². The third kappa shape index (κ3) is 6.18. The number of hydrogen-bond donors (Lipinski definition) is 0. The summed E-state index contributed by atoms with van der Waals surface area (Å²) in [5.74, 6) is -1.10. The van der Waals surface area contributed by atoms with E-state index in [1.807, 2.05) is 19.9 Å². The number of methoxy groups -OCH3 is 1. The molecule has 188 valence electrons. The van der Waals surface area contributed by atoms with E-state index in [2.05, 4.69) is 0 Å². The van der Waals surface area contributed by atoms with Gasteiger partial charge < -0.3 is 23.4 Å². The number of esters is 3. The van der Waals surface area contributed by atoms with Crippen molar-refractivity contribution in [2.24, 2.45) is 0 Å². The number of benzene rings is 2. The minimum atomic E-state index is -0.658. The highest BCUT2D eigenvalue weighted by Crippen LogP contribution is 2.39. The second-order valence-electron chi connectivity index (χ2n) is 8.20. The molecule has 0 fully saturated rings. The van der Waals surface area contributed by atoms with Crippen LogP contribution in [0.25, 0.3) is 22.3 Å². The third-order valence-corrected chi connectivity index (χ3v) is 4.90. The fourth-order valence-corrected chi connectivity index (χ4v) is 3.51. The molecule has 0 bridgehead atoms. The highest BCUT2D eigenvalue weighted by atomic mass is 16.6. The molecular formula is C27H26O9. The van der Waals surface area contributed by atoms with E-state index in [1.165, 1.54) is 46.1 Å². The lowest BCUT2D eigenvalue weighted by atomic mass is 10.0. The van der Waals surface area contributed by atoms with Gasteiger partial charge in [-0.2, -0.15) is 0 Å². The van der Waals surface area contributed by atoms with Crippen LogP contribution in [-0.4, -0.2) is 25.0 Å². The first kappa shape index (κ1) is 26.2. The Kier molecular flexibility index (Phi) is 7.93. The molecule has 0 radical (unpaired) electrons. The maximum atomic E-state index is 13.1. The number of carbonyl (C=O) groups excluding carboxylic acids is 3. The normalized spacial score (nSPS) is 10.5. The van der Waals surface area contributed by atoms with Crippen LogP contribution < -0.4 is 24.4 Å². The lowest BCUT2D eigenvalue weighted by Crippen LogP contribution is -2.09. The molecule has 3 aromatic rings. The Hall–Kier alpha value is -4.40. The quantitative estimate of drug-likeness (QED) is 0.260. The standard InChI is InChI=1S/C27H26O9/c1-14(2)7-8-18-9-19(10-25(32-6)27(18)35-17(5)30)22-13-21(31)26-23(34-16(4)29)11-20(33-15(3)28)12-24(26)36-22/h7,9-13H,8H2,1-6H3. The van der Waals surface area contributed by atoms with Crippen LogP contribution in [-0.2, 0) is 20.8 Å². The molecule has 9 heteroatoms. The maximum absolute atomic E-state index is 13.1. The molecule has 0 amide bonds. The molecule has 1 aromatic heterocycles. The van der Waals surface area contributed by atoms with E-state index in [9.17, 15) is 19.2 Å². The van der Waals surface area contributed by atoms with E-state index in [0.717, 1.165) is 5.57 Å². The first-order valence-electron chi connectivity index (χ1n) is 11.0. The van der Waals surface area contributed by atoms with Crippen LogP contribution in [0.5, 0.6) is 23.0 Å². The molecule has 1 heterocycles. The zero-order valence-electron chi connectivity index (χ0n) is 20.8.